The van der Waals surface area contributed by atoms with Gasteiger partial charge in [-0.2, -0.15) is 14.6 Å². The van der Waals surface area contributed by atoms with Crippen LogP contribution in [-0.4, -0.2) is 132 Å². The Morgan fingerprint density at radius 1 is 0.437 bits per heavy atom. The molecule has 9 heterocycles. The van der Waals surface area contributed by atoms with Crippen LogP contribution < -0.4 is 32.6 Å². The molecule has 3 unspecified atom stereocenters. The van der Waals surface area contributed by atoms with Gasteiger partial charge in [0.15, 0.2) is 0 Å². The van der Waals surface area contributed by atoms with Crippen molar-refractivity contribution in [1.82, 2.24) is 73.2 Å². The molecule has 0 aliphatic carbocycles. The minimum Gasteiger partial charge on any atom is -0.355 e. The van der Waals surface area contributed by atoms with E-state index in [0.29, 0.717) is 145 Å². The molecule has 0 saturated heterocycles. The molecule has 12 aromatic rings. The van der Waals surface area contributed by atoms with Gasteiger partial charge in [0.2, 0.25) is 5.95 Å². The molecule has 0 fully saturated rings. The van der Waals surface area contributed by atoms with Crippen LogP contribution in [0.2, 0.25) is 0 Å². The summed E-state index contributed by atoms with van der Waals surface area (Å²) < 4.78 is 36.9. The topological polar surface area (TPSA) is 266 Å². The number of benzene rings is 6. The lowest BCUT2D eigenvalue weighted by Crippen LogP contribution is -2.46. The molecule has 3 atom stereocenters. The predicted octanol–water partition coefficient (Wildman–Crippen LogP) is 14.6. The van der Waals surface area contributed by atoms with Crippen LogP contribution >= 0.6 is 47.8 Å². The largest absolute Gasteiger partial charge is 0.355 e. The van der Waals surface area contributed by atoms with Crippen LogP contribution in [0.3, 0.4) is 0 Å². The molecule has 0 bridgehead atoms. The van der Waals surface area contributed by atoms with Gasteiger partial charge in [-0.15, -0.1) is 5.10 Å². The van der Waals surface area contributed by atoms with E-state index < -0.39 is 5.95 Å². The molecule has 3 aliphatic rings. The summed E-state index contributed by atoms with van der Waals surface area (Å²) in [7, 11) is 4.71. The summed E-state index contributed by atoms with van der Waals surface area (Å²) in [5.41, 5.74) is 15.3. The Bertz CT molecular complexity index is 5720. The highest BCUT2D eigenvalue weighted by Crippen LogP contribution is 2.35. The number of carbonyl (C=O) groups is 6. The molecule has 15 rings (SSSR count). The Hall–Kier alpha value is -11.2. The number of rotatable bonds is 15. The number of nitrogens with one attached hydrogen (secondary N) is 3. The van der Waals surface area contributed by atoms with Crippen LogP contribution in [0, 0.1) is 51.4 Å². The highest BCUT2D eigenvalue weighted by Gasteiger charge is 2.38. The van der Waals surface area contributed by atoms with Crippen LogP contribution in [0.1, 0.15) is 199 Å². The number of aryl methyl sites for hydroxylation is 4. The van der Waals surface area contributed by atoms with Crippen LogP contribution in [0.25, 0.3) is 34.0 Å². The Kier molecular flexibility index (Phi) is 24.8. The monoisotopic (exact) mass is 1800 g/mol. The van der Waals surface area contributed by atoms with Gasteiger partial charge in [0.25, 0.3) is 52.1 Å². The third-order valence-electron chi connectivity index (χ3n) is 22.4. The summed E-state index contributed by atoms with van der Waals surface area (Å²) in [6, 6.07) is 36.5. The van der Waals surface area contributed by atoms with E-state index in [0.717, 1.165) is 53.5 Å². The first-order chi connectivity index (χ1) is 57.0. The van der Waals surface area contributed by atoms with Gasteiger partial charge in [0.05, 0.1) is 72.6 Å². The SMILES string of the molecule is CNC(=O)c1ccc(-n2c(=O)c3c(n4nc(C)c(CC(C)C)c24)CN(C(=O)c2ccc(Br)c(C)c2)C(C)C3)cc1.CNC(=O)c1ccc(-n2c(=O)c3c(n4nc(F)c(CC(C)C)c24)CN(C(=O)c2ccc(Br)c(C)c2)C(C)C3)cc1.[2H]c1nn2c3c(c(=O)n(-c4ccc(C(=O)NC)cc4)c2c1CC(C)C)CC(C)N(C(=O)c1ccc(Br)c(C)c1)C3. The second-order valence-corrected chi connectivity index (χ2v) is 34.9. The Morgan fingerprint density at radius 3 is 1.07 bits per heavy atom. The number of hydrogen-bond donors (Lipinski definition) is 3. The molecule has 0 radical (unpaired) electrons. The van der Waals surface area contributed by atoms with Crippen molar-refractivity contribution in [3.8, 4) is 17.1 Å². The first-order valence-electron chi connectivity index (χ1n) is 40.4. The molecule has 0 saturated carbocycles. The first kappa shape index (κ1) is 84.2. The van der Waals surface area contributed by atoms with Crippen molar-refractivity contribution < 1.29 is 34.5 Å². The molecule has 28 heteroatoms. The third-order valence-corrected chi connectivity index (χ3v) is 25.1. The van der Waals surface area contributed by atoms with Crippen LogP contribution in [0.5, 0.6) is 0 Å². The fourth-order valence-corrected chi connectivity index (χ4v) is 16.9. The van der Waals surface area contributed by atoms with E-state index in [4.69, 9.17) is 6.47 Å². The zero-order chi connectivity index (χ0) is 86.6. The van der Waals surface area contributed by atoms with Gasteiger partial charge in [-0.25, -0.2) is 13.5 Å². The predicted molar refractivity (Wildman–Crippen MR) is 469 cm³/mol. The van der Waals surface area contributed by atoms with E-state index in [1.54, 1.807) is 130 Å². The maximum atomic E-state index is 15.5. The lowest BCUT2D eigenvalue weighted by molar-refractivity contribution is 0.0643. The second kappa shape index (κ2) is 35.0. The normalized spacial score (nSPS) is 15.1. The van der Waals surface area contributed by atoms with Gasteiger partial charge in [0, 0.05) is 114 Å². The lowest BCUT2D eigenvalue weighted by atomic mass is 9.97. The molecule has 6 aromatic heterocycles. The number of carbonyl (C=O) groups excluding carboxylic acids is 6. The van der Waals surface area contributed by atoms with Crippen LogP contribution in [0.4, 0.5) is 4.39 Å². The summed E-state index contributed by atoms with van der Waals surface area (Å²) in [4.78, 5) is 125. The van der Waals surface area contributed by atoms with E-state index in [1.807, 2.05) is 114 Å². The molecule has 6 amide bonds. The molecular formula is C91H97Br3FN15O9. The van der Waals surface area contributed by atoms with Crippen molar-refractivity contribution in [2.45, 2.75) is 166 Å². The number of hydrogen-bond acceptors (Lipinski definition) is 12. The van der Waals surface area contributed by atoms with Crippen LogP contribution in [0.15, 0.2) is 161 Å². The van der Waals surface area contributed by atoms with Crippen molar-refractivity contribution in [1.29, 1.82) is 0 Å². The van der Waals surface area contributed by atoms with Gasteiger partial charge >= 0.3 is 0 Å². The van der Waals surface area contributed by atoms with Gasteiger partial charge in [-0.3, -0.25) is 56.9 Å². The summed E-state index contributed by atoms with van der Waals surface area (Å²) in [6.45, 7) is 26.6. The molecule has 24 nitrogen and oxygen atoms in total. The molecule has 618 valence electrons. The van der Waals surface area contributed by atoms with Crippen LogP contribution in [-0.2, 0) is 58.2 Å². The highest BCUT2D eigenvalue weighted by atomic mass is 79.9. The Balaban J connectivity index is 0.000000156. The summed E-state index contributed by atoms with van der Waals surface area (Å²) in [5, 5.41) is 21.6. The smallest absolute Gasteiger partial charge is 0.261 e. The second-order valence-electron chi connectivity index (χ2n) is 32.3. The van der Waals surface area contributed by atoms with E-state index in [9.17, 15) is 43.2 Å². The standard InChI is InChI=1S/C31H34BrN5O3.C30H31BrFN5O3.C30H32BrN5O3/c1-17(2)13-24-20(5)34-37-27-16-35(30(39)22-9-12-26(32)18(3)14-22)19(4)15-25(27)31(40)36(29(24)37)23-10-7-21(8-11-23)28(38)33-6;1-16(2)12-23-26(32)34-37-25-15-35(29(39)20-8-11-24(31)17(3)13-20)18(4)14-22(25)30(40)36(28(23)37)21-9-6-19(7-10-21)27(38)33-5;1-17(2)12-22-15-33-36-26-16-34(29(38)21-8-11-25(31)18(3)13-21)19(4)14-24(26)30(39)35(28(22)36)23-9-6-20(7-10-23)27(37)32-5/h7-12,14,17,19H,13,15-16H2,1-6H3,(H,33,38);6-11,13,16,18H,12,14-15H2,1-5H3,(H,33,38);6-11,13,15,17,19H,12,14,16H2,1-5H3,(H,32,37)/i;;15D. The average molecular weight is 1800 g/mol. The summed E-state index contributed by atoms with van der Waals surface area (Å²) in [6.07, 6.45) is 2.87. The Morgan fingerprint density at radius 2 is 0.739 bits per heavy atom. The minimum atomic E-state index is -0.641. The highest BCUT2D eigenvalue weighted by molar-refractivity contribution is 9.11. The first-order valence-corrected chi connectivity index (χ1v) is 42.2. The third kappa shape index (κ3) is 16.7. The quantitative estimate of drug-likeness (QED) is 0.0865. The van der Waals surface area contributed by atoms with Crippen molar-refractivity contribution in [2.24, 2.45) is 17.8 Å². The minimum absolute atomic E-state index is 0.0675. The fraction of sp³-hybridized carbons (Fsp3) is 0.341. The summed E-state index contributed by atoms with van der Waals surface area (Å²) >= 11 is 10.5. The number of nitrogens with zero attached hydrogens (tertiary/aromatic N) is 12. The van der Waals surface area contributed by atoms with Crippen molar-refractivity contribution >= 4 is 100 Å². The summed E-state index contributed by atoms with van der Waals surface area (Å²) in [5.74, 6) is -0.947. The number of fused-ring (bicyclic) bond motifs is 9. The lowest BCUT2D eigenvalue weighted by Gasteiger charge is -2.35. The van der Waals surface area contributed by atoms with Gasteiger partial charge in [-0.1, -0.05) is 89.3 Å². The van der Waals surface area contributed by atoms with E-state index in [1.165, 1.54) is 9.08 Å². The van der Waals surface area contributed by atoms with E-state index >= 15 is 4.39 Å². The molecule has 119 heavy (non-hydrogen) atoms. The average Bonchev–Trinajstić information content (AvgIpc) is 1.52. The van der Waals surface area contributed by atoms with E-state index in [-0.39, 0.29) is 108 Å². The van der Waals surface area contributed by atoms with Crippen molar-refractivity contribution in [2.75, 3.05) is 21.1 Å². The zero-order valence-electron chi connectivity index (χ0n) is 70.5. The maximum Gasteiger partial charge on any atom is 0.261 e. The number of halogens is 4. The van der Waals surface area contributed by atoms with Gasteiger partial charge in [0.1, 0.15) is 16.9 Å². The number of amides is 6. The molecular weight excluding hydrogens is 1710 g/mol. The molecule has 0 spiro atoms. The Labute approximate surface area is 715 Å². The van der Waals surface area contributed by atoms with Crippen molar-refractivity contribution in [3.05, 3.63) is 290 Å². The van der Waals surface area contributed by atoms with Crippen molar-refractivity contribution in [3.63, 3.8) is 0 Å². The zero-order valence-corrected chi connectivity index (χ0v) is 74.3. The van der Waals surface area contributed by atoms with Gasteiger partial charge in [-0.05, 0) is 249 Å². The van der Waals surface area contributed by atoms with Gasteiger partial charge < -0.3 is 30.7 Å². The number of aromatic nitrogens is 9. The molecule has 6 aromatic carbocycles. The van der Waals surface area contributed by atoms with E-state index in [2.05, 4.69) is 102 Å². The maximum absolute atomic E-state index is 15.5. The fourth-order valence-electron chi connectivity index (χ4n) is 16.1. The molecule has 3 aliphatic heterocycles. The molecule has 3 N–H and O–H groups in total.